The van der Waals surface area contributed by atoms with Gasteiger partial charge in [0.2, 0.25) is 0 Å². The second kappa shape index (κ2) is 7.72. The smallest absolute Gasteiger partial charge is 0.140 e. The van der Waals surface area contributed by atoms with Crippen LogP contribution in [0.3, 0.4) is 0 Å². The summed E-state index contributed by atoms with van der Waals surface area (Å²) in [5.74, 6) is 0.864. The molecule has 1 aliphatic carbocycles. The quantitative estimate of drug-likeness (QED) is 0.859. The predicted octanol–water partition coefficient (Wildman–Crippen LogP) is 3.12. The first-order chi connectivity index (χ1) is 10.8. The third-order valence-corrected chi connectivity index (χ3v) is 4.85. The zero-order chi connectivity index (χ0) is 15.2. The first-order valence-electron chi connectivity index (χ1n) is 7.84. The molecule has 1 aromatic carbocycles. The summed E-state index contributed by atoms with van der Waals surface area (Å²) < 4.78 is 5.70. The van der Waals surface area contributed by atoms with Crippen molar-refractivity contribution in [2.75, 3.05) is 0 Å². The van der Waals surface area contributed by atoms with Crippen LogP contribution in [0.2, 0.25) is 0 Å². The second-order valence-electron chi connectivity index (χ2n) is 5.67. The molecule has 5 heteroatoms. The highest BCUT2D eigenvalue weighted by Gasteiger charge is 2.22. The van der Waals surface area contributed by atoms with Crippen LogP contribution in [-0.2, 0) is 13.2 Å². The van der Waals surface area contributed by atoms with Crippen LogP contribution in [0.15, 0.2) is 35.7 Å². The highest BCUT2D eigenvalue weighted by atomic mass is 32.1. The van der Waals surface area contributed by atoms with Gasteiger partial charge < -0.3 is 15.2 Å². The molecule has 2 unspecified atom stereocenters. The average Bonchev–Trinajstić information content (AvgIpc) is 3.01. The monoisotopic (exact) mass is 318 g/mol. The topological polar surface area (TPSA) is 54.4 Å². The molecule has 0 saturated heterocycles. The molecule has 1 heterocycles. The summed E-state index contributed by atoms with van der Waals surface area (Å²) in [6.45, 7) is 1.21. The van der Waals surface area contributed by atoms with Gasteiger partial charge in [0.1, 0.15) is 17.4 Å². The molecule has 1 fully saturated rings. The number of aliphatic hydroxyl groups is 1. The highest BCUT2D eigenvalue weighted by Crippen LogP contribution is 2.19. The van der Waals surface area contributed by atoms with Crippen LogP contribution >= 0.6 is 11.3 Å². The van der Waals surface area contributed by atoms with Gasteiger partial charge in [0.05, 0.1) is 11.8 Å². The lowest BCUT2D eigenvalue weighted by Crippen LogP contribution is -2.41. The maximum Gasteiger partial charge on any atom is 0.140 e. The van der Waals surface area contributed by atoms with E-state index in [9.17, 15) is 5.11 Å². The lowest BCUT2D eigenvalue weighted by atomic mass is 9.92. The SMILES string of the molecule is OC1CCCCC1NCc1csc(COc2ccccc2)n1. The number of aromatic nitrogens is 1. The number of hydrogen-bond donors (Lipinski definition) is 2. The molecule has 2 atom stereocenters. The third-order valence-electron chi connectivity index (χ3n) is 3.98. The molecule has 4 nitrogen and oxygen atoms in total. The summed E-state index contributed by atoms with van der Waals surface area (Å²) in [7, 11) is 0. The van der Waals surface area contributed by atoms with Crippen LogP contribution in [-0.4, -0.2) is 22.2 Å². The summed E-state index contributed by atoms with van der Waals surface area (Å²) in [5.41, 5.74) is 1.02. The lowest BCUT2D eigenvalue weighted by Gasteiger charge is -2.28. The summed E-state index contributed by atoms with van der Waals surface area (Å²) in [5, 5.41) is 16.4. The zero-order valence-electron chi connectivity index (χ0n) is 12.6. The Balaban J connectivity index is 1.46. The fourth-order valence-electron chi connectivity index (χ4n) is 2.74. The fourth-order valence-corrected chi connectivity index (χ4v) is 3.45. The molecular weight excluding hydrogens is 296 g/mol. The number of thiazole rings is 1. The van der Waals surface area contributed by atoms with Crippen LogP contribution in [0.4, 0.5) is 0 Å². The van der Waals surface area contributed by atoms with Crippen LogP contribution in [0.25, 0.3) is 0 Å². The lowest BCUT2D eigenvalue weighted by molar-refractivity contribution is 0.0901. The van der Waals surface area contributed by atoms with Crippen molar-refractivity contribution >= 4 is 11.3 Å². The maximum atomic E-state index is 9.96. The second-order valence-corrected chi connectivity index (χ2v) is 6.62. The fraction of sp³-hybridized carbons (Fsp3) is 0.471. The number of benzene rings is 1. The maximum absolute atomic E-state index is 9.96. The summed E-state index contributed by atoms with van der Waals surface area (Å²) in [6, 6.07) is 9.99. The molecule has 2 aromatic rings. The average molecular weight is 318 g/mol. The van der Waals surface area contributed by atoms with Gasteiger partial charge in [0.15, 0.2) is 0 Å². The first-order valence-corrected chi connectivity index (χ1v) is 8.72. The molecule has 0 radical (unpaired) electrons. The normalized spacial score (nSPS) is 21.7. The number of nitrogens with zero attached hydrogens (tertiary/aromatic N) is 1. The molecular formula is C17H22N2O2S. The van der Waals surface area contributed by atoms with Gasteiger partial charge in [0.25, 0.3) is 0 Å². The molecule has 0 amide bonds. The van der Waals surface area contributed by atoms with E-state index < -0.39 is 0 Å². The minimum absolute atomic E-state index is 0.208. The Hall–Kier alpha value is -1.43. The van der Waals surface area contributed by atoms with Crippen LogP contribution in [0.1, 0.15) is 36.4 Å². The van der Waals surface area contributed by atoms with Crippen molar-refractivity contribution in [2.24, 2.45) is 0 Å². The molecule has 22 heavy (non-hydrogen) atoms. The predicted molar refractivity (Wildman–Crippen MR) is 88.0 cm³/mol. The summed E-state index contributed by atoms with van der Waals surface area (Å²) in [4.78, 5) is 4.58. The van der Waals surface area contributed by atoms with E-state index >= 15 is 0 Å². The Bertz CT molecular complexity index is 573. The summed E-state index contributed by atoms with van der Waals surface area (Å²) >= 11 is 1.62. The van der Waals surface area contributed by atoms with Crippen molar-refractivity contribution in [3.63, 3.8) is 0 Å². The van der Waals surface area contributed by atoms with Crippen molar-refractivity contribution in [3.05, 3.63) is 46.4 Å². The van der Waals surface area contributed by atoms with E-state index in [2.05, 4.69) is 15.7 Å². The van der Waals surface area contributed by atoms with Gasteiger partial charge in [-0.1, -0.05) is 31.0 Å². The number of rotatable bonds is 6. The molecule has 1 aromatic heterocycles. The van der Waals surface area contributed by atoms with Crippen LogP contribution in [0, 0.1) is 0 Å². The first kappa shape index (κ1) is 15.5. The van der Waals surface area contributed by atoms with E-state index in [0.717, 1.165) is 35.7 Å². The van der Waals surface area contributed by atoms with Crippen LogP contribution in [0.5, 0.6) is 5.75 Å². The molecule has 0 bridgehead atoms. The Kier molecular flexibility index (Phi) is 5.43. The van der Waals surface area contributed by atoms with Crippen molar-refractivity contribution in [3.8, 4) is 5.75 Å². The zero-order valence-corrected chi connectivity index (χ0v) is 13.4. The molecule has 0 spiro atoms. The minimum Gasteiger partial charge on any atom is -0.486 e. The molecule has 1 aliphatic rings. The number of para-hydroxylation sites is 1. The van der Waals surface area contributed by atoms with Gasteiger partial charge in [0, 0.05) is 18.0 Å². The van der Waals surface area contributed by atoms with Crippen molar-refractivity contribution in [2.45, 2.75) is 51.0 Å². The molecule has 3 rings (SSSR count). The molecule has 118 valence electrons. The molecule has 0 aliphatic heterocycles. The largest absolute Gasteiger partial charge is 0.486 e. The van der Waals surface area contributed by atoms with Gasteiger partial charge in [-0.15, -0.1) is 11.3 Å². The van der Waals surface area contributed by atoms with Gasteiger partial charge in [-0.05, 0) is 25.0 Å². The molecule has 1 saturated carbocycles. The standard InChI is InChI=1S/C17H22N2O2S/c20-16-9-5-4-8-15(16)18-10-13-12-22-17(19-13)11-21-14-6-2-1-3-7-14/h1-3,6-7,12,15-16,18,20H,4-5,8-11H2. The Morgan fingerprint density at radius 3 is 2.86 bits per heavy atom. The van der Waals surface area contributed by atoms with Gasteiger partial charge >= 0.3 is 0 Å². The van der Waals surface area contributed by atoms with Crippen molar-refractivity contribution in [1.29, 1.82) is 0 Å². The summed E-state index contributed by atoms with van der Waals surface area (Å²) in [6.07, 6.45) is 4.08. The van der Waals surface area contributed by atoms with Crippen molar-refractivity contribution in [1.82, 2.24) is 10.3 Å². The number of nitrogens with one attached hydrogen (secondary N) is 1. The van der Waals surface area contributed by atoms with E-state index in [-0.39, 0.29) is 12.1 Å². The molecule has 2 N–H and O–H groups in total. The van der Waals surface area contributed by atoms with Gasteiger partial charge in [-0.2, -0.15) is 0 Å². The highest BCUT2D eigenvalue weighted by molar-refractivity contribution is 7.09. The van der Waals surface area contributed by atoms with E-state index in [1.54, 1.807) is 11.3 Å². The Morgan fingerprint density at radius 2 is 2.05 bits per heavy atom. The Morgan fingerprint density at radius 1 is 1.23 bits per heavy atom. The van der Waals surface area contributed by atoms with E-state index in [1.807, 2.05) is 30.3 Å². The Labute approximate surface area is 135 Å². The number of ether oxygens (including phenoxy) is 1. The minimum atomic E-state index is -0.215. The van der Waals surface area contributed by atoms with E-state index in [1.165, 1.54) is 6.42 Å². The van der Waals surface area contributed by atoms with E-state index in [0.29, 0.717) is 13.2 Å². The van der Waals surface area contributed by atoms with Crippen molar-refractivity contribution < 1.29 is 9.84 Å². The number of aliphatic hydroxyl groups excluding tert-OH is 1. The van der Waals surface area contributed by atoms with Gasteiger partial charge in [-0.25, -0.2) is 4.98 Å². The number of hydrogen-bond acceptors (Lipinski definition) is 5. The third kappa shape index (κ3) is 4.29. The van der Waals surface area contributed by atoms with Crippen LogP contribution < -0.4 is 10.1 Å². The van der Waals surface area contributed by atoms with E-state index in [4.69, 9.17) is 4.74 Å². The van der Waals surface area contributed by atoms with Gasteiger partial charge in [-0.3, -0.25) is 0 Å².